The molecule has 3 aromatic rings. The summed E-state index contributed by atoms with van der Waals surface area (Å²) in [5.41, 5.74) is -0.244. The van der Waals surface area contributed by atoms with Gasteiger partial charge in [-0.3, -0.25) is 9.36 Å². The Morgan fingerprint density at radius 1 is 1.17 bits per heavy atom. The number of para-hydroxylation sites is 1. The van der Waals surface area contributed by atoms with Gasteiger partial charge in [0.1, 0.15) is 20.2 Å². The monoisotopic (exact) mass is 430 g/mol. The zero-order valence-electron chi connectivity index (χ0n) is 16.8. The van der Waals surface area contributed by atoms with Gasteiger partial charge in [0.15, 0.2) is 5.75 Å². The minimum Gasteiger partial charge on any atom is -0.505 e. The quantitative estimate of drug-likeness (QED) is 0.488. The van der Waals surface area contributed by atoms with Crippen molar-refractivity contribution in [3.63, 3.8) is 0 Å². The van der Waals surface area contributed by atoms with E-state index in [4.69, 9.17) is 16.6 Å². The predicted molar refractivity (Wildman–Crippen MR) is 121 cm³/mol. The van der Waals surface area contributed by atoms with Gasteiger partial charge in [-0.2, -0.15) is 0 Å². The lowest BCUT2D eigenvalue weighted by Crippen LogP contribution is -2.29. The van der Waals surface area contributed by atoms with E-state index in [2.05, 4.69) is 0 Å². The molecule has 0 radical (unpaired) electrons. The van der Waals surface area contributed by atoms with Crippen molar-refractivity contribution in [2.24, 2.45) is 0 Å². The summed E-state index contributed by atoms with van der Waals surface area (Å²) in [6, 6.07) is 10.8. The largest absolute Gasteiger partial charge is 0.505 e. The summed E-state index contributed by atoms with van der Waals surface area (Å²) in [6.07, 6.45) is 0. The second-order valence-electron chi connectivity index (χ2n) is 7.82. The van der Waals surface area contributed by atoms with Crippen LogP contribution in [0.15, 0.2) is 55.3 Å². The third-order valence-corrected chi connectivity index (χ3v) is 6.07. The minimum absolute atomic E-state index is 0.0505. The van der Waals surface area contributed by atoms with Crippen molar-refractivity contribution in [3.8, 4) is 11.4 Å². The van der Waals surface area contributed by atoms with E-state index in [1.165, 1.54) is 0 Å². The molecular formula is C21H22N2O4S2. The maximum absolute atomic E-state index is 13.5. The van der Waals surface area contributed by atoms with Crippen LogP contribution in [0.25, 0.3) is 16.7 Å². The molecule has 0 bridgehead atoms. The molecular weight excluding hydrogens is 408 g/mol. The SMILES string of the molecule is CN(C)C(=S)Sc1c(O)c2c(=O)n(-c3ccccc3)c(C(C)(C)C)cc2oc1=O. The molecule has 2 heterocycles. The van der Waals surface area contributed by atoms with Gasteiger partial charge in [-0.1, -0.05) is 51.2 Å². The van der Waals surface area contributed by atoms with Crippen molar-refractivity contribution in [2.75, 3.05) is 14.1 Å². The molecule has 0 aliphatic rings. The van der Waals surface area contributed by atoms with Crippen LogP contribution >= 0.6 is 24.0 Å². The number of nitrogens with zero attached hydrogens (tertiary/aromatic N) is 2. The lowest BCUT2D eigenvalue weighted by atomic mass is 9.90. The van der Waals surface area contributed by atoms with Gasteiger partial charge >= 0.3 is 5.63 Å². The summed E-state index contributed by atoms with van der Waals surface area (Å²) < 4.78 is 7.34. The van der Waals surface area contributed by atoms with E-state index >= 15 is 0 Å². The van der Waals surface area contributed by atoms with Crippen LogP contribution in [0.4, 0.5) is 0 Å². The van der Waals surface area contributed by atoms with E-state index in [0.717, 1.165) is 11.8 Å². The number of benzene rings is 1. The van der Waals surface area contributed by atoms with Gasteiger partial charge in [0, 0.05) is 37.0 Å². The third-order valence-electron chi connectivity index (χ3n) is 4.35. The Morgan fingerprint density at radius 3 is 2.34 bits per heavy atom. The molecule has 0 aliphatic carbocycles. The van der Waals surface area contributed by atoms with Crippen LogP contribution in [0.2, 0.25) is 0 Å². The van der Waals surface area contributed by atoms with Crippen LogP contribution in [0, 0.1) is 0 Å². The van der Waals surface area contributed by atoms with E-state index in [9.17, 15) is 14.7 Å². The molecule has 1 N–H and O–H groups in total. The summed E-state index contributed by atoms with van der Waals surface area (Å²) in [5, 5.41) is 10.8. The highest BCUT2D eigenvalue weighted by Crippen LogP contribution is 2.34. The van der Waals surface area contributed by atoms with Crippen LogP contribution < -0.4 is 11.2 Å². The van der Waals surface area contributed by atoms with E-state index in [0.29, 0.717) is 15.7 Å². The molecule has 0 aliphatic heterocycles. The number of hydrogen-bond acceptors (Lipinski definition) is 6. The van der Waals surface area contributed by atoms with Gasteiger partial charge in [-0.05, 0) is 23.9 Å². The fraction of sp³-hybridized carbons (Fsp3) is 0.286. The number of thioether (sulfide) groups is 1. The topological polar surface area (TPSA) is 75.7 Å². The van der Waals surface area contributed by atoms with Gasteiger partial charge in [-0.25, -0.2) is 4.79 Å². The number of aromatic hydroxyl groups is 1. The normalized spacial score (nSPS) is 11.6. The van der Waals surface area contributed by atoms with Gasteiger partial charge in [0.2, 0.25) is 0 Å². The molecule has 8 heteroatoms. The van der Waals surface area contributed by atoms with E-state index in [-0.39, 0.29) is 15.9 Å². The summed E-state index contributed by atoms with van der Waals surface area (Å²) in [5.74, 6) is -0.416. The van der Waals surface area contributed by atoms with Crippen molar-refractivity contribution in [1.82, 2.24) is 9.47 Å². The Kier molecular flexibility index (Phi) is 5.60. The highest BCUT2D eigenvalue weighted by atomic mass is 32.2. The lowest BCUT2D eigenvalue weighted by molar-refractivity contribution is 0.445. The summed E-state index contributed by atoms with van der Waals surface area (Å²) >= 11 is 6.11. The number of thiocarbonyl (C=S) groups is 1. The molecule has 0 atom stereocenters. The second-order valence-corrected chi connectivity index (χ2v) is 9.47. The van der Waals surface area contributed by atoms with Crippen molar-refractivity contribution in [2.45, 2.75) is 31.1 Å². The highest BCUT2D eigenvalue weighted by Gasteiger charge is 2.26. The Bertz CT molecular complexity index is 1210. The van der Waals surface area contributed by atoms with E-state index in [1.807, 2.05) is 51.1 Å². The Hall–Kier alpha value is -2.58. The maximum atomic E-state index is 13.5. The number of pyridine rings is 1. The second kappa shape index (κ2) is 7.68. The molecule has 0 unspecified atom stereocenters. The van der Waals surface area contributed by atoms with Gasteiger partial charge < -0.3 is 14.4 Å². The van der Waals surface area contributed by atoms with E-state index in [1.54, 1.807) is 29.6 Å². The van der Waals surface area contributed by atoms with Gasteiger partial charge in [0.05, 0.1) is 0 Å². The predicted octanol–water partition coefficient (Wildman–Crippen LogP) is 3.89. The number of rotatable bonds is 2. The van der Waals surface area contributed by atoms with Crippen LogP contribution in [0.3, 0.4) is 0 Å². The summed E-state index contributed by atoms with van der Waals surface area (Å²) in [7, 11) is 3.46. The molecule has 6 nitrogen and oxygen atoms in total. The smallest absolute Gasteiger partial charge is 0.354 e. The van der Waals surface area contributed by atoms with E-state index < -0.39 is 22.3 Å². The summed E-state index contributed by atoms with van der Waals surface area (Å²) in [6.45, 7) is 5.89. The standard InChI is InChI=1S/C21H22N2O4S2/c1-21(2,3)14-11-13-15(18(25)23(14)12-9-7-6-8-10-12)16(24)17(19(26)27-13)29-20(28)22(4)5/h6-11,24H,1-5H3. The van der Waals surface area contributed by atoms with Crippen molar-refractivity contribution in [1.29, 1.82) is 0 Å². The van der Waals surface area contributed by atoms with Crippen molar-refractivity contribution < 1.29 is 9.52 Å². The number of aromatic nitrogens is 1. The van der Waals surface area contributed by atoms with Crippen LogP contribution in [0.5, 0.6) is 5.75 Å². The molecule has 0 fully saturated rings. The minimum atomic E-state index is -0.735. The average molecular weight is 431 g/mol. The molecule has 152 valence electrons. The third kappa shape index (κ3) is 3.95. The van der Waals surface area contributed by atoms with Gasteiger partial charge in [-0.15, -0.1) is 0 Å². The molecule has 1 aromatic carbocycles. The Balaban J connectivity index is 2.42. The van der Waals surface area contributed by atoms with Crippen molar-refractivity contribution in [3.05, 3.63) is 62.9 Å². The van der Waals surface area contributed by atoms with Crippen LogP contribution in [0.1, 0.15) is 26.5 Å². The summed E-state index contributed by atoms with van der Waals surface area (Å²) in [4.78, 5) is 27.5. The fourth-order valence-corrected chi connectivity index (χ4v) is 3.83. The zero-order chi connectivity index (χ0) is 21.5. The number of hydrogen-bond donors (Lipinski definition) is 1. The molecule has 2 aromatic heterocycles. The average Bonchev–Trinajstić information content (AvgIpc) is 2.64. The maximum Gasteiger partial charge on any atom is 0.354 e. The first-order valence-electron chi connectivity index (χ1n) is 8.93. The number of fused-ring (bicyclic) bond motifs is 1. The van der Waals surface area contributed by atoms with Crippen molar-refractivity contribution >= 4 is 39.3 Å². The molecule has 0 saturated heterocycles. The molecule has 0 amide bonds. The van der Waals surface area contributed by atoms with Crippen LogP contribution in [-0.2, 0) is 5.41 Å². The first-order chi connectivity index (χ1) is 13.5. The van der Waals surface area contributed by atoms with Crippen LogP contribution in [-0.4, -0.2) is 33.0 Å². The first-order valence-corrected chi connectivity index (χ1v) is 10.2. The molecule has 29 heavy (non-hydrogen) atoms. The molecule has 0 saturated carbocycles. The first kappa shape index (κ1) is 21.1. The fourth-order valence-electron chi connectivity index (χ4n) is 2.90. The highest BCUT2D eigenvalue weighted by molar-refractivity contribution is 8.23. The Morgan fingerprint density at radius 2 is 1.79 bits per heavy atom. The molecule has 3 rings (SSSR count). The molecule has 0 spiro atoms. The Labute approximate surface area is 177 Å². The van der Waals surface area contributed by atoms with Gasteiger partial charge in [0.25, 0.3) is 5.56 Å². The lowest BCUT2D eigenvalue weighted by Gasteiger charge is -2.25. The zero-order valence-corrected chi connectivity index (χ0v) is 18.5.